The van der Waals surface area contributed by atoms with Gasteiger partial charge in [-0.25, -0.2) is 15.0 Å². The van der Waals surface area contributed by atoms with Crippen LogP contribution in [0.15, 0.2) is 132 Å². The number of hydrogen-bond acceptors (Lipinski definition) is 4. The van der Waals surface area contributed by atoms with Crippen molar-refractivity contribution in [2.24, 2.45) is 0 Å². The zero-order valence-corrected chi connectivity index (χ0v) is 25.8. The number of H-pyrrole nitrogens is 2. The number of para-hydroxylation sites is 2. The van der Waals surface area contributed by atoms with Crippen LogP contribution in [0.4, 0.5) is 0 Å². The molecule has 3 heterocycles. The fourth-order valence-corrected chi connectivity index (χ4v) is 6.62. The molecule has 2 N–H and O–H groups in total. The summed E-state index contributed by atoms with van der Waals surface area (Å²) in [4.78, 5) is 11.1. The normalized spacial score (nSPS) is 11.2. The minimum absolute atomic E-state index is 0. The molecule has 0 radical (unpaired) electrons. The number of nitrogens with zero attached hydrogens (tertiary/aromatic N) is 1. The summed E-state index contributed by atoms with van der Waals surface area (Å²) >= 11 is 0. The fourth-order valence-electron chi connectivity index (χ4n) is 6.62. The standard InChI is InChI=1S/C39H23N3O3.2Li/c43-37-28(17-13-22-7-5-19-40-35(22)37)33-25-9-1-2-10-26(25)34(29-18-14-23-8-6-20-41-36(23)38(29)44)30-21-24(15-16-27(30)33)39-42-31-11-3-4-12-32(31)45-39;;/h1-21,43-44H;;/q;2*+1. The number of benzene rings is 6. The summed E-state index contributed by atoms with van der Waals surface area (Å²) in [7, 11) is 0. The van der Waals surface area contributed by atoms with Crippen molar-refractivity contribution in [3.8, 4) is 45.2 Å². The molecule has 0 atom stereocenters. The van der Waals surface area contributed by atoms with E-state index in [1.54, 1.807) is 12.4 Å². The van der Waals surface area contributed by atoms with E-state index in [2.05, 4.69) is 9.97 Å². The number of oxazole rings is 1. The number of fused-ring (bicyclic) bond motifs is 5. The van der Waals surface area contributed by atoms with Crippen molar-refractivity contribution in [2.75, 3.05) is 0 Å². The molecule has 9 aromatic rings. The Hall–Kier alpha value is -5.08. The fraction of sp³-hybridized carbons (Fsp3) is 0. The predicted molar refractivity (Wildman–Crippen MR) is 172 cm³/mol. The van der Waals surface area contributed by atoms with E-state index in [1.165, 1.54) is 0 Å². The molecule has 47 heavy (non-hydrogen) atoms. The third-order valence-corrected chi connectivity index (χ3v) is 8.68. The van der Waals surface area contributed by atoms with Crippen molar-refractivity contribution in [1.82, 2.24) is 4.98 Å². The Morgan fingerprint density at radius 2 is 1.09 bits per heavy atom. The van der Waals surface area contributed by atoms with E-state index in [9.17, 15) is 10.2 Å². The van der Waals surface area contributed by atoms with Crippen LogP contribution < -0.4 is 57.9 Å². The number of hydrogen-bond donors (Lipinski definition) is 0. The Balaban J connectivity index is 0.00000176. The summed E-state index contributed by atoms with van der Waals surface area (Å²) in [6.07, 6.45) is 3.54. The Kier molecular flexibility index (Phi) is 7.76. The molecule has 0 fully saturated rings. The molecule has 9 rings (SSSR count). The summed E-state index contributed by atoms with van der Waals surface area (Å²) in [5.74, 6) is 0.308. The Labute approximate surface area is 293 Å². The molecule has 6 aromatic carbocycles. The van der Waals surface area contributed by atoms with Crippen LogP contribution in [0.2, 0.25) is 0 Å². The maximum atomic E-state index is 14.1. The van der Waals surface area contributed by atoms with Crippen LogP contribution in [-0.4, -0.2) is 4.98 Å². The zero-order chi connectivity index (χ0) is 30.1. The monoisotopic (exact) mass is 595 g/mol. The van der Waals surface area contributed by atoms with Crippen molar-refractivity contribution in [3.63, 3.8) is 0 Å². The van der Waals surface area contributed by atoms with E-state index in [1.807, 2.05) is 115 Å². The molecule has 0 amide bonds. The van der Waals surface area contributed by atoms with Gasteiger partial charge in [-0.1, -0.05) is 54.6 Å². The van der Waals surface area contributed by atoms with E-state index in [4.69, 9.17) is 9.40 Å². The van der Waals surface area contributed by atoms with Crippen LogP contribution in [0, 0.1) is 0 Å². The van der Waals surface area contributed by atoms with Crippen LogP contribution in [-0.2, 0) is 0 Å². The topological polar surface area (TPSA) is 100 Å². The average Bonchev–Trinajstić information content (AvgIpc) is 3.53. The third-order valence-electron chi connectivity index (χ3n) is 8.68. The van der Waals surface area contributed by atoms with Gasteiger partial charge < -0.3 is 14.6 Å². The van der Waals surface area contributed by atoms with Gasteiger partial charge in [0.15, 0.2) is 18.0 Å². The zero-order valence-electron chi connectivity index (χ0n) is 25.8. The minimum atomic E-state index is -0.0932. The smallest absolute Gasteiger partial charge is 0.868 e. The second-order valence-electron chi connectivity index (χ2n) is 11.2. The maximum Gasteiger partial charge on any atom is 1.00 e. The molecule has 0 aliphatic heterocycles. The van der Waals surface area contributed by atoms with Crippen molar-refractivity contribution >= 4 is 54.5 Å². The van der Waals surface area contributed by atoms with Gasteiger partial charge in [0.05, 0.1) is 0 Å². The molecule has 0 aliphatic rings. The van der Waals surface area contributed by atoms with Gasteiger partial charge in [-0.05, 0) is 104 Å². The van der Waals surface area contributed by atoms with E-state index in [0.29, 0.717) is 33.6 Å². The second-order valence-corrected chi connectivity index (χ2v) is 11.2. The minimum Gasteiger partial charge on any atom is -0.868 e. The van der Waals surface area contributed by atoms with E-state index >= 15 is 0 Å². The molecule has 0 bridgehead atoms. The molecule has 0 unspecified atom stereocenters. The Morgan fingerprint density at radius 1 is 0.532 bits per heavy atom. The van der Waals surface area contributed by atoms with E-state index in [-0.39, 0.29) is 49.2 Å². The van der Waals surface area contributed by atoms with Gasteiger partial charge in [0.2, 0.25) is 16.9 Å². The van der Waals surface area contributed by atoms with Crippen molar-refractivity contribution in [2.45, 2.75) is 0 Å². The molecular weight excluding hydrogens is 572 g/mol. The number of aromatic amines is 2. The molecule has 212 valence electrons. The van der Waals surface area contributed by atoms with Gasteiger partial charge in [0.1, 0.15) is 5.52 Å². The third kappa shape index (κ3) is 4.78. The van der Waals surface area contributed by atoms with Gasteiger partial charge in [0, 0.05) is 28.5 Å². The first kappa shape index (κ1) is 30.6. The van der Waals surface area contributed by atoms with Crippen LogP contribution in [0.25, 0.3) is 88.2 Å². The molecule has 8 heteroatoms. The van der Waals surface area contributed by atoms with E-state index < -0.39 is 0 Å². The van der Waals surface area contributed by atoms with Crippen LogP contribution in [0.3, 0.4) is 0 Å². The molecule has 0 saturated heterocycles. The number of rotatable bonds is 3. The molecular formula is C39H23Li2N3O3+2. The van der Waals surface area contributed by atoms with Crippen molar-refractivity contribution in [3.05, 3.63) is 128 Å². The van der Waals surface area contributed by atoms with E-state index in [0.717, 1.165) is 54.5 Å². The first-order valence-electron chi connectivity index (χ1n) is 14.7. The van der Waals surface area contributed by atoms with Gasteiger partial charge in [0.25, 0.3) is 0 Å². The molecule has 3 aromatic heterocycles. The summed E-state index contributed by atoms with van der Waals surface area (Å²) in [6, 6.07) is 37.0. The molecule has 0 saturated carbocycles. The molecule has 6 nitrogen and oxygen atoms in total. The van der Waals surface area contributed by atoms with Crippen LogP contribution in [0.5, 0.6) is 11.5 Å². The molecule has 0 aliphatic carbocycles. The quantitative estimate of drug-likeness (QED) is 0.227. The van der Waals surface area contributed by atoms with Crippen LogP contribution >= 0.6 is 0 Å². The summed E-state index contributed by atoms with van der Waals surface area (Å²) in [5, 5.41) is 33.3. The summed E-state index contributed by atoms with van der Waals surface area (Å²) in [5.41, 5.74) is 6.09. The van der Waals surface area contributed by atoms with Gasteiger partial charge in [-0.15, -0.1) is 0 Å². The number of aromatic nitrogens is 3. The van der Waals surface area contributed by atoms with Crippen molar-refractivity contribution < 1.29 is 62.3 Å². The summed E-state index contributed by atoms with van der Waals surface area (Å²) in [6.45, 7) is 0. The van der Waals surface area contributed by atoms with Crippen LogP contribution in [0.1, 0.15) is 0 Å². The number of nitrogens with one attached hydrogen (secondary N) is 2. The Bertz CT molecular complexity index is 2620. The maximum absolute atomic E-state index is 14.1. The second kappa shape index (κ2) is 11.9. The largest absolute Gasteiger partial charge is 1.00 e. The number of pyridine rings is 2. The first-order valence-corrected chi connectivity index (χ1v) is 14.7. The predicted octanol–water partition coefficient (Wildman–Crippen LogP) is 1.23. The SMILES string of the molecule is [Li+].[Li+].[O-]c1c(-c2c3ccccc3c(-c3ccc4ccc[nH+]c4c3[O-])c3cc(-c4nc5ccccc5o4)ccc23)ccc2ccc[nH+]c12. The molecule has 0 spiro atoms. The average molecular weight is 596 g/mol. The van der Waals surface area contributed by atoms with Crippen molar-refractivity contribution in [1.29, 1.82) is 0 Å². The van der Waals surface area contributed by atoms with Gasteiger partial charge in [-0.3, -0.25) is 0 Å². The van der Waals surface area contributed by atoms with Gasteiger partial charge in [-0.2, -0.15) is 0 Å². The first-order chi connectivity index (χ1) is 22.2. The summed E-state index contributed by atoms with van der Waals surface area (Å²) < 4.78 is 6.17. The van der Waals surface area contributed by atoms with Gasteiger partial charge >= 0.3 is 37.7 Å². The Morgan fingerprint density at radius 3 is 1.70 bits per heavy atom.